The number of pyridine rings is 1. The third kappa shape index (κ3) is 4.61. The number of aliphatic hydroxyl groups excluding tert-OH is 1. The lowest BCUT2D eigenvalue weighted by Gasteiger charge is -2.35. The van der Waals surface area contributed by atoms with E-state index < -0.39 is 18.1 Å². The van der Waals surface area contributed by atoms with Crippen LogP contribution in [0.3, 0.4) is 0 Å². The van der Waals surface area contributed by atoms with Gasteiger partial charge in [0, 0.05) is 29.7 Å². The molecule has 13 heteroatoms. The zero-order valence-corrected chi connectivity index (χ0v) is 19.2. The second-order valence-electron chi connectivity index (χ2n) is 8.73. The second-order valence-corrected chi connectivity index (χ2v) is 8.73. The zero-order valence-electron chi connectivity index (χ0n) is 19.2. The number of nitrogens with zero attached hydrogens (tertiary/aromatic N) is 6. The van der Waals surface area contributed by atoms with E-state index >= 15 is 0 Å². The van der Waals surface area contributed by atoms with Crippen LogP contribution in [0.25, 0.3) is 16.9 Å². The minimum atomic E-state index is -4.21. The Balaban J connectivity index is 1.33. The minimum Gasteiger partial charge on any atom is -0.395 e. The SMILES string of the molecule is Cc1ccc(-c2nnn(C3CC(C(F)(F)F)C3)n2)cc1NC(=O)c1cnn2ccc(NCCO)cc12. The van der Waals surface area contributed by atoms with Crippen LogP contribution < -0.4 is 10.6 Å². The summed E-state index contributed by atoms with van der Waals surface area (Å²) in [5.41, 5.74) is 3.60. The van der Waals surface area contributed by atoms with Crippen molar-refractivity contribution in [2.24, 2.45) is 5.92 Å². The molecule has 1 aliphatic carbocycles. The van der Waals surface area contributed by atoms with Crippen molar-refractivity contribution in [2.75, 3.05) is 23.8 Å². The highest BCUT2D eigenvalue weighted by atomic mass is 19.4. The Morgan fingerprint density at radius 1 is 1.22 bits per heavy atom. The van der Waals surface area contributed by atoms with Crippen molar-refractivity contribution in [3.05, 3.63) is 53.9 Å². The van der Waals surface area contributed by atoms with Gasteiger partial charge in [-0.3, -0.25) is 4.79 Å². The van der Waals surface area contributed by atoms with Crippen molar-refractivity contribution >= 4 is 22.8 Å². The molecule has 0 aliphatic heterocycles. The molecule has 0 radical (unpaired) electrons. The number of amides is 1. The average Bonchev–Trinajstić information content (AvgIpc) is 3.44. The fourth-order valence-corrected chi connectivity index (χ4v) is 4.09. The van der Waals surface area contributed by atoms with Crippen molar-refractivity contribution in [3.8, 4) is 11.4 Å². The maximum atomic E-state index is 13.1. The molecule has 3 N–H and O–H groups in total. The largest absolute Gasteiger partial charge is 0.395 e. The Labute approximate surface area is 203 Å². The third-order valence-electron chi connectivity index (χ3n) is 6.28. The summed E-state index contributed by atoms with van der Waals surface area (Å²) in [5.74, 6) is -1.44. The minimum absolute atomic E-state index is 0.0231. The number of aryl methyl sites for hydroxylation is 1. The molecule has 0 spiro atoms. The van der Waals surface area contributed by atoms with Gasteiger partial charge in [0.2, 0.25) is 5.82 Å². The number of aromatic nitrogens is 6. The van der Waals surface area contributed by atoms with Crippen LogP contribution in [0.2, 0.25) is 0 Å². The second kappa shape index (κ2) is 9.22. The summed E-state index contributed by atoms with van der Waals surface area (Å²) in [4.78, 5) is 14.3. The van der Waals surface area contributed by atoms with E-state index in [1.807, 2.05) is 6.92 Å². The van der Waals surface area contributed by atoms with Crippen molar-refractivity contribution < 1.29 is 23.1 Å². The Bertz CT molecular complexity index is 1410. The molecule has 0 bridgehead atoms. The number of hydrogen-bond donors (Lipinski definition) is 3. The van der Waals surface area contributed by atoms with Gasteiger partial charge in [-0.05, 0) is 48.7 Å². The first kappa shape index (κ1) is 23.7. The number of hydrogen-bond acceptors (Lipinski definition) is 7. The average molecular weight is 500 g/mol. The van der Waals surface area contributed by atoms with Crippen LogP contribution in [-0.2, 0) is 0 Å². The number of nitrogens with one attached hydrogen (secondary N) is 2. The highest BCUT2D eigenvalue weighted by Gasteiger charge is 2.49. The molecule has 1 saturated carbocycles. The Kier molecular flexibility index (Phi) is 6.08. The maximum Gasteiger partial charge on any atom is 0.391 e. The van der Waals surface area contributed by atoms with Crippen LogP contribution in [-0.4, -0.2) is 60.2 Å². The number of alkyl halides is 3. The van der Waals surface area contributed by atoms with Gasteiger partial charge in [0.15, 0.2) is 0 Å². The van der Waals surface area contributed by atoms with Crippen molar-refractivity contribution in [1.29, 1.82) is 0 Å². The number of benzene rings is 1. The molecule has 1 amide bonds. The maximum absolute atomic E-state index is 13.1. The van der Waals surface area contributed by atoms with Crippen molar-refractivity contribution in [2.45, 2.75) is 32.0 Å². The van der Waals surface area contributed by atoms with Gasteiger partial charge in [0.1, 0.15) is 0 Å². The molecular weight excluding hydrogens is 477 g/mol. The van der Waals surface area contributed by atoms with Crippen molar-refractivity contribution in [1.82, 2.24) is 29.8 Å². The smallest absolute Gasteiger partial charge is 0.391 e. The molecule has 1 aliphatic rings. The summed E-state index contributed by atoms with van der Waals surface area (Å²) in [5, 5.41) is 31.4. The molecule has 5 rings (SSSR count). The van der Waals surface area contributed by atoms with Gasteiger partial charge in [0.05, 0.1) is 35.8 Å². The molecule has 36 heavy (non-hydrogen) atoms. The summed E-state index contributed by atoms with van der Waals surface area (Å²) < 4.78 is 39.9. The Hall–Kier alpha value is -4.00. The van der Waals surface area contributed by atoms with Gasteiger partial charge in [-0.2, -0.15) is 23.1 Å². The molecular formula is C23H23F3N8O2. The number of carbonyl (C=O) groups excluding carboxylic acids is 1. The Morgan fingerprint density at radius 2 is 2.03 bits per heavy atom. The number of aliphatic hydroxyl groups is 1. The summed E-state index contributed by atoms with van der Waals surface area (Å²) in [6.45, 7) is 2.19. The summed E-state index contributed by atoms with van der Waals surface area (Å²) in [7, 11) is 0. The third-order valence-corrected chi connectivity index (χ3v) is 6.28. The number of rotatable bonds is 7. The fraction of sp³-hybridized carbons (Fsp3) is 0.348. The molecule has 1 aromatic carbocycles. The standard InChI is InChI=1S/C23H23F3N8O2/c1-13-2-3-14(21-30-32-34(31-21)17-9-15(10-17)23(24,25)26)8-19(13)29-22(36)18-12-28-33-6-4-16(11-20(18)33)27-5-7-35/h2-4,6,8,11-12,15,17,27,35H,5,7,9-10H2,1H3,(H,29,36). The van der Waals surface area contributed by atoms with Crippen LogP contribution in [0.15, 0.2) is 42.7 Å². The molecule has 3 heterocycles. The van der Waals surface area contributed by atoms with Crippen molar-refractivity contribution in [3.63, 3.8) is 0 Å². The van der Waals surface area contributed by atoms with Gasteiger partial charge < -0.3 is 15.7 Å². The monoisotopic (exact) mass is 500 g/mol. The first-order chi connectivity index (χ1) is 17.2. The van der Waals surface area contributed by atoms with E-state index in [4.69, 9.17) is 5.11 Å². The van der Waals surface area contributed by atoms with Gasteiger partial charge in [0.25, 0.3) is 5.91 Å². The highest BCUT2D eigenvalue weighted by Crippen LogP contribution is 2.46. The normalized spacial score (nSPS) is 17.7. The van der Waals surface area contributed by atoms with Gasteiger partial charge in [-0.15, -0.1) is 10.2 Å². The molecule has 0 saturated heterocycles. The molecule has 1 fully saturated rings. The predicted octanol–water partition coefficient (Wildman–Crippen LogP) is 3.47. The first-order valence-electron chi connectivity index (χ1n) is 11.3. The van der Waals surface area contributed by atoms with Crippen LogP contribution >= 0.6 is 0 Å². The van der Waals surface area contributed by atoms with Crippen LogP contribution in [0, 0.1) is 12.8 Å². The molecule has 0 atom stereocenters. The number of carbonyl (C=O) groups is 1. The van der Waals surface area contributed by atoms with E-state index in [-0.39, 0.29) is 31.2 Å². The first-order valence-corrected chi connectivity index (χ1v) is 11.3. The molecule has 4 aromatic rings. The van der Waals surface area contributed by atoms with E-state index in [1.165, 1.54) is 11.0 Å². The van der Waals surface area contributed by atoms with E-state index in [9.17, 15) is 18.0 Å². The predicted molar refractivity (Wildman–Crippen MR) is 125 cm³/mol. The number of tetrazole rings is 1. The summed E-state index contributed by atoms with van der Waals surface area (Å²) in [6, 6.07) is 8.38. The lowest BCUT2D eigenvalue weighted by molar-refractivity contribution is -0.203. The highest BCUT2D eigenvalue weighted by molar-refractivity contribution is 6.09. The quantitative estimate of drug-likeness (QED) is 0.355. The van der Waals surface area contributed by atoms with E-state index in [0.29, 0.717) is 28.9 Å². The number of fused-ring (bicyclic) bond motifs is 1. The van der Waals surface area contributed by atoms with Crippen LogP contribution in [0.5, 0.6) is 0 Å². The molecule has 0 unspecified atom stereocenters. The van der Waals surface area contributed by atoms with E-state index in [1.54, 1.807) is 41.0 Å². The van der Waals surface area contributed by atoms with Gasteiger partial charge in [-0.25, -0.2) is 4.52 Å². The van der Waals surface area contributed by atoms with Crippen LogP contribution in [0.1, 0.15) is 34.8 Å². The van der Waals surface area contributed by atoms with Gasteiger partial charge in [-0.1, -0.05) is 12.1 Å². The molecule has 188 valence electrons. The lowest BCUT2D eigenvalue weighted by Crippen LogP contribution is -2.37. The van der Waals surface area contributed by atoms with E-state index in [0.717, 1.165) is 11.3 Å². The Morgan fingerprint density at radius 3 is 2.78 bits per heavy atom. The topological polar surface area (TPSA) is 122 Å². The van der Waals surface area contributed by atoms with Gasteiger partial charge >= 0.3 is 6.18 Å². The number of anilines is 2. The molecule has 10 nitrogen and oxygen atoms in total. The lowest BCUT2D eigenvalue weighted by atomic mass is 9.80. The fourth-order valence-electron chi connectivity index (χ4n) is 4.09. The summed E-state index contributed by atoms with van der Waals surface area (Å²) >= 11 is 0. The zero-order chi connectivity index (χ0) is 25.4. The number of halogens is 3. The van der Waals surface area contributed by atoms with Crippen LogP contribution in [0.4, 0.5) is 24.5 Å². The molecule has 3 aromatic heterocycles. The summed E-state index contributed by atoms with van der Waals surface area (Å²) in [6.07, 6.45) is -1.15. The van der Waals surface area contributed by atoms with E-state index in [2.05, 4.69) is 31.1 Å².